The number of likely N-dealkylation sites (N-methyl/N-ethyl adjacent to an activating group) is 1. The monoisotopic (exact) mass is 284 g/mol. The van der Waals surface area contributed by atoms with Crippen molar-refractivity contribution in [2.24, 2.45) is 0 Å². The highest BCUT2D eigenvalue weighted by molar-refractivity contribution is 5.20. The van der Waals surface area contributed by atoms with Crippen molar-refractivity contribution in [1.82, 2.24) is 25.1 Å². The Kier molecular flexibility index (Phi) is 5.01. The van der Waals surface area contributed by atoms with Crippen molar-refractivity contribution in [2.75, 3.05) is 39.8 Å². The summed E-state index contributed by atoms with van der Waals surface area (Å²) in [5.41, 5.74) is 3.11. The number of nitrogens with zero attached hydrogens (tertiary/aromatic N) is 5. The van der Waals surface area contributed by atoms with Crippen LogP contribution in [0.15, 0.2) is 12.4 Å². The summed E-state index contributed by atoms with van der Waals surface area (Å²) in [5.74, 6) is 0. The van der Waals surface area contributed by atoms with Crippen LogP contribution in [0.1, 0.15) is 0 Å². The van der Waals surface area contributed by atoms with Crippen molar-refractivity contribution >= 4 is 5.69 Å². The number of piperazine rings is 1. The number of rotatable bonds is 6. The summed E-state index contributed by atoms with van der Waals surface area (Å²) in [5, 5.41) is 26.4. The topological polar surface area (TPSA) is 99.7 Å². The maximum atomic E-state index is 10.5. The molecule has 1 aliphatic heterocycles. The molecule has 0 amide bonds. The van der Waals surface area contributed by atoms with Gasteiger partial charge in [0, 0.05) is 32.7 Å². The number of hydrogen-bond acceptors (Lipinski definition) is 7. The Morgan fingerprint density at radius 3 is 2.80 bits per heavy atom. The molecule has 9 heteroatoms. The zero-order valence-electron chi connectivity index (χ0n) is 11.5. The van der Waals surface area contributed by atoms with Gasteiger partial charge in [-0.3, -0.25) is 20.2 Å². The lowest BCUT2D eigenvalue weighted by Gasteiger charge is -2.33. The first-order chi connectivity index (χ1) is 9.54. The molecule has 1 aromatic rings. The van der Waals surface area contributed by atoms with E-state index in [-0.39, 0.29) is 12.2 Å². The van der Waals surface area contributed by atoms with Crippen LogP contribution in [0.2, 0.25) is 0 Å². The van der Waals surface area contributed by atoms with Gasteiger partial charge in [-0.1, -0.05) is 0 Å². The van der Waals surface area contributed by atoms with Gasteiger partial charge in [0.2, 0.25) is 0 Å². The molecule has 0 aromatic carbocycles. The van der Waals surface area contributed by atoms with Gasteiger partial charge in [-0.15, -0.1) is 0 Å². The molecule has 20 heavy (non-hydrogen) atoms. The Bertz CT molecular complexity index is 443. The van der Waals surface area contributed by atoms with Crippen molar-refractivity contribution in [3.63, 3.8) is 0 Å². The largest absolute Gasteiger partial charge is 0.390 e. The van der Waals surface area contributed by atoms with E-state index >= 15 is 0 Å². The Balaban J connectivity index is 1.72. The van der Waals surface area contributed by atoms with Crippen LogP contribution in [0, 0.1) is 10.1 Å². The minimum absolute atomic E-state index is 0.0655. The van der Waals surface area contributed by atoms with Crippen molar-refractivity contribution in [3.05, 3.63) is 22.5 Å². The van der Waals surface area contributed by atoms with E-state index in [0.29, 0.717) is 6.54 Å². The Morgan fingerprint density at radius 2 is 2.20 bits per heavy atom. The quantitative estimate of drug-likeness (QED) is 0.505. The van der Waals surface area contributed by atoms with E-state index < -0.39 is 11.0 Å². The SMILES string of the molecule is CN1CCN(NCC(O)Cn2cc([N+](=O)[O-])cn2)CC1. The number of aliphatic hydroxyl groups excluding tert-OH is 1. The minimum Gasteiger partial charge on any atom is -0.390 e. The molecule has 2 N–H and O–H groups in total. The molecule has 0 saturated carbocycles. The molecular formula is C11H20N6O3. The first-order valence-corrected chi connectivity index (χ1v) is 6.56. The van der Waals surface area contributed by atoms with Crippen LogP contribution in [0.25, 0.3) is 0 Å². The Hall–Kier alpha value is -1.55. The average molecular weight is 284 g/mol. The Labute approximate surface area is 116 Å². The summed E-state index contributed by atoms with van der Waals surface area (Å²) in [6.07, 6.45) is 1.86. The fraction of sp³-hybridized carbons (Fsp3) is 0.727. The number of hydrazine groups is 1. The molecule has 1 saturated heterocycles. The number of aliphatic hydroxyl groups is 1. The van der Waals surface area contributed by atoms with E-state index in [1.165, 1.54) is 17.1 Å². The number of hydrogen-bond donors (Lipinski definition) is 2. The van der Waals surface area contributed by atoms with Crippen LogP contribution < -0.4 is 5.43 Å². The van der Waals surface area contributed by atoms with Crippen LogP contribution in [0.4, 0.5) is 5.69 Å². The Morgan fingerprint density at radius 1 is 1.50 bits per heavy atom. The molecule has 1 fully saturated rings. The van der Waals surface area contributed by atoms with Gasteiger partial charge in [0.25, 0.3) is 0 Å². The van der Waals surface area contributed by atoms with Crippen LogP contribution in [0.5, 0.6) is 0 Å². The molecule has 2 rings (SSSR count). The zero-order valence-corrected chi connectivity index (χ0v) is 11.5. The molecule has 1 aliphatic rings. The molecule has 1 atom stereocenters. The third kappa shape index (κ3) is 4.23. The first kappa shape index (κ1) is 14.9. The zero-order chi connectivity index (χ0) is 14.5. The smallest absolute Gasteiger partial charge is 0.306 e. The minimum atomic E-state index is -0.644. The predicted molar refractivity (Wildman–Crippen MR) is 72.0 cm³/mol. The summed E-state index contributed by atoms with van der Waals surface area (Å²) >= 11 is 0. The van der Waals surface area contributed by atoms with Crippen molar-refractivity contribution < 1.29 is 10.0 Å². The van der Waals surface area contributed by atoms with Crippen molar-refractivity contribution in [1.29, 1.82) is 0 Å². The highest BCUT2D eigenvalue weighted by Crippen LogP contribution is 2.08. The second kappa shape index (κ2) is 6.75. The van der Waals surface area contributed by atoms with Crippen LogP contribution in [-0.4, -0.2) is 75.6 Å². The highest BCUT2D eigenvalue weighted by atomic mass is 16.6. The second-order valence-corrected chi connectivity index (χ2v) is 4.98. The fourth-order valence-corrected chi connectivity index (χ4v) is 2.03. The van der Waals surface area contributed by atoms with E-state index in [9.17, 15) is 15.2 Å². The van der Waals surface area contributed by atoms with Gasteiger partial charge in [-0.25, -0.2) is 5.01 Å². The van der Waals surface area contributed by atoms with Gasteiger partial charge < -0.3 is 10.0 Å². The molecule has 1 aromatic heterocycles. The summed E-state index contributed by atoms with van der Waals surface area (Å²) in [6, 6.07) is 0. The summed E-state index contributed by atoms with van der Waals surface area (Å²) in [6.45, 7) is 4.45. The van der Waals surface area contributed by atoms with Gasteiger partial charge in [-0.05, 0) is 7.05 Å². The second-order valence-electron chi connectivity index (χ2n) is 4.98. The maximum absolute atomic E-state index is 10.5. The fourth-order valence-electron chi connectivity index (χ4n) is 2.03. The molecule has 0 spiro atoms. The predicted octanol–water partition coefficient (Wildman–Crippen LogP) is -1.10. The number of nitro groups is 1. The van der Waals surface area contributed by atoms with Crippen molar-refractivity contribution in [3.8, 4) is 0 Å². The summed E-state index contributed by atoms with van der Waals surface area (Å²) < 4.78 is 1.38. The molecule has 0 radical (unpaired) electrons. The lowest BCUT2D eigenvalue weighted by atomic mass is 10.3. The molecular weight excluding hydrogens is 264 g/mol. The van der Waals surface area contributed by atoms with E-state index in [1.54, 1.807) is 0 Å². The van der Waals surface area contributed by atoms with E-state index in [1.807, 2.05) is 0 Å². The molecule has 0 bridgehead atoms. The summed E-state index contributed by atoms with van der Waals surface area (Å²) in [4.78, 5) is 12.3. The van der Waals surface area contributed by atoms with E-state index in [2.05, 4.69) is 27.5 Å². The van der Waals surface area contributed by atoms with E-state index in [0.717, 1.165) is 26.2 Å². The molecule has 112 valence electrons. The molecule has 1 unspecified atom stereocenters. The third-order valence-corrected chi connectivity index (χ3v) is 3.28. The van der Waals surface area contributed by atoms with Crippen LogP contribution >= 0.6 is 0 Å². The van der Waals surface area contributed by atoms with Gasteiger partial charge >= 0.3 is 5.69 Å². The standard InChI is InChI=1S/C11H20N6O3/c1-14-2-4-15(5-3-14)13-7-11(18)9-16-8-10(6-12-16)17(19)20/h6,8,11,13,18H,2-5,7,9H2,1H3. The average Bonchev–Trinajstić information content (AvgIpc) is 2.87. The highest BCUT2D eigenvalue weighted by Gasteiger charge is 2.15. The lowest BCUT2D eigenvalue weighted by molar-refractivity contribution is -0.385. The van der Waals surface area contributed by atoms with Crippen LogP contribution in [0.3, 0.4) is 0 Å². The number of aromatic nitrogens is 2. The van der Waals surface area contributed by atoms with E-state index in [4.69, 9.17) is 0 Å². The first-order valence-electron chi connectivity index (χ1n) is 6.56. The molecule has 2 heterocycles. The normalized spacial score (nSPS) is 19.1. The lowest BCUT2D eigenvalue weighted by Crippen LogP contribution is -2.52. The van der Waals surface area contributed by atoms with Crippen molar-refractivity contribution in [2.45, 2.75) is 12.6 Å². The third-order valence-electron chi connectivity index (χ3n) is 3.28. The van der Waals surface area contributed by atoms with Gasteiger partial charge in [0.15, 0.2) is 0 Å². The maximum Gasteiger partial charge on any atom is 0.306 e. The number of nitrogens with one attached hydrogen (secondary N) is 1. The van der Waals surface area contributed by atoms with Crippen LogP contribution in [-0.2, 0) is 6.54 Å². The molecule has 0 aliphatic carbocycles. The van der Waals surface area contributed by atoms with Gasteiger partial charge in [0.1, 0.15) is 12.4 Å². The summed E-state index contributed by atoms with van der Waals surface area (Å²) in [7, 11) is 2.08. The van der Waals surface area contributed by atoms with Gasteiger partial charge in [0.05, 0.1) is 17.6 Å². The molecule has 9 nitrogen and oxygen atoms in total. The van der Waals surface area contributed by atoms with Gasteiger partial charge in [-0.2, -0.15) is 5.10 Å².